The number of aryl methyl sites for hydroxylation is 2. The standard InChI is InChI=1S/C21H22N2O2/c1-14-7-8-18(11-15(14)2)23-13-17(12-20(23)24)21(25)22-10-9-16-5-3-4-6-19(16)22/h3-8,11,17H,9-10,12-13H2,1-2H3/t17-/m1/s1. The van der Waals surface area contributed by atoms with Crippen molar-refractivity contribution in [1.29, 1.82) is 0 Å². The van der Waals surface area contributed by atoms with Crippen LogP contribution < -0.4 is 9.80 Å². The lowest BCUT2D eigenvalue weighted by Gasteiger charge is -2.22. The lowest BCUT2D eigenvalue weighted by molar-refractivity contribution is -0.124. The number of benzene rings is 2. The molecule has 2 aromatic carbocycles. The van der Waals surface area contributed by atoms with E-state index in [9.17, 15) is 9.59 Å². The molecule has 0 saturated carbocycles. The fourth-order valence-electron chi connectivity index (χ4n) is 3.80. The van der Waals surface area contributed by atoms with Gasteiger partial charge in [0.2, 0.25) is 11.8 Å². The molecule has 4 heteroatoms. The van der Waals surface area contributed by atoms with Crippen LogP contribution in [0.1, 0.15) is 23.1 Å². The maximum absolute atomic E-state index is 13.0. The Balaban J connectivity index is 1.54. The van der Waals surface area contributed by atoms with Crippen LogP contribution >= 0.6 is 0 Å². The van der Waals surface area contributed by atoms with E-state index in [4.69, 9.17) is 0 Å². The number of nitrogens with zero attached hydrogens (tertiary/aromatic N) is 2. The van der Waals surface area contributed by atoms with Crippen LogP contribution in [-0.4, -0.2) is 24.9 Å². The second-order valence-electron chi connectivity index (χ2n) is 7.04. The number of para-hydroxylation sites is 1. The van der Waals surface area contributed by atoms with E-state index in [2.05, 4.69) is 13.0 Å². The van der Waals surface area contributed by atoms with Crippen molar-refractivity contribution >= 4 is 23.2 Å². The molecule has 0 bridgehead atoms. The molecule has 2 aromatic rings. The number of rotatable bonds is 2. The van der Waals surface area contributed by atoms with E-state index in [1.165, 1.54) is 11.1 Å². The Labute approximate surface area is 148 Å². The highest BCUT2D eigenvalue weighted by Gasteiger charge is 2.39. The van der Waals surface area contributed by atoms with Crippen LogP contribution in [0.3, 0.4) is 0 Å². The molecular formula is C21H22N2O2. The van der Waals surface area contributed by atoms with Crippen molar-refractivity contribution in [1.82, 2.24) is 0 Å². The van der Waals surface area contributed by atoms with Crippen molar-refractivity contribution in [3.63, 3.8) is 0 Å². The minimum Gasteiger partial charge on any atom is -0.312 e. The first kappa shape index (κ1) is 15.9. The summed E-state index contributed by atoms with van der Waals surface area (Å²) < 4.78 is 0. The summed E-state index contributed by atoms with van der Waals surface area (Å²) in [6.45, 7) is 5.29. The zero-order valence-corrected chi connectivity index (χ0v) is 14.7. The summed E-state index contributed by atoms with van der Waals surface area (Å²) in [6, 6.07) is 14.1. The molecule has 2 amide bonds. The quantitative estimate of drug-likeness (QED) is 0.846. The van der Waals surface area contributed by atoms with Gasteiger partial charge in [-0.25, -0.2) is 0 Å². The SMILES string of the molecule is Cc1ccc(N2C[C@H](C(=O)N3CCc4ccccc43)CC2=O)cc1C. The van der Waals surface area contributed by atoms with Gasteiger partial charge in [0.05, 0.1) is 5.92 Å². The molecule has 0 spiro atoms. The third-order valence-electron chi connectivity index (χ3n) is 5.43. The summed E-state index contributed by atoms with van der Waals surface area (Å²) in [5.74, 6) is -0.154. The zero-order chi connectivity index (χ0) is 17.6. The minimum absolute atomic E-state index is 0.0362. The maximum Gasteiger partial charge on any atom is 0.232 e. The van der Waals surface area contributed by atoms with E-state index in [0.29, 0.717) is 19.5 Å². The van der Waals surface area contributed by atoms with E-state index >= 15 is 0 Å². The first-order valence-corrected chi connectivity index (χ1v) is 8.81. The van der Waals surface area contributed by atoms with E-state index in [1.54, 1.807) is 4.90 Å². The summed E-state index contributed by atoms with van der Waals surface area (Å²) in [5, 5.41) is 0. The van der Waals surface area contributed by atoms with Gasteiger partial charge in [-0.15, -0.1) is 0 Å². The predicted molar refractivity (Wildman–Crippen MR) is 98.9 cm³/mol. The first-order chi connectivity index (χ1) is 12.0. The smallest absolute Gasteiger partial charge is 0.232 e. The normalized spacial score (nSPS) is 19.4. The highest BCUT2D eigenvalue weighted by atomic mass is 16.2. The molecule has 0 radical (unpaired) electrons. The molecule has 0 unspecified atom stereocenters. The van der Waals surface area contributed by atoms with Crippen LogP contribution in [0.25, 0.3) is 0 Å². The molecule has 1 fully saturated rings. The monoisotopic (exact) mass is 334 g/mol. The molecule has 128 valence electrons. The second-order valence-corrected chi connectivity index (χ2v) is 7.04. The van der Waals surface area contributed by atoms with Gasteiger partial charge in [0, 0.05) is 30.9 Å². The first-order valence-electron chi connectivity index (χ1n) is 8.81. The fraction of sp³-hybridized carbons (Fsp3) is 0.333. The number of amides is 2. The van der Waals surface area contributed by atoms with Gasteiger partial charge < -0.3 is 9.80 Å². The van der Waals surface area contributed by atoms with Crippen molar-refractivity contribution in [3.05, 3.63) is 59.2 Å². The molecule has 0 aromatic heterocycles. The molecular weight excluding hydrogens is 312 g/mol. The third-order valence-corrected chi connectivity index (χ3v) is 5.43. The zero-order valence-electron chi connectivity index (χ0n) is 14.7. The number of fused-ring (bicyclic) bond motifs is 1. The summed E-state index contributed by atoms with van der Waals surface area (Å²) in [5.41, 5.74) is 5.48. The molecule has 0 N–H and O–H groups in total. The van der Waals surface area contributed by atoms with Crippen LogP contribution in [0.15, 0.2) is 42.5 Å². The average molecular weight is 334 g/mol. The molecule has 2 aliphatic heterocycles. The van der Waals surface area contributed by atoms with E-state index < -0.39 is 0 Å². The van der Waals surface area contributed by atoms with Crippen molar-refractivity contribution in [2.24, 2.45) is 5.92 Å². The number of carbonyl (C=O) groups excluding carboxylic acids is 2. The fourth-order valence-corrected chi connectivity index (χ4v) is 3.80. The summed E-state index contributed by atoms with van der Waals surface area (Å²) in [4.78, 5) is 29.1. The Morgan fingerprint density at radius 3 is 2.68 bits per heavy atom. The summed E-state index contributed by atoms with van der Waals surface area (Å²) in [6.07, 6.45) is 1.19. The van der Waals surface area contributed by atoms with Gasteiger partial charge in [-0.3, -0.25) is 9.59 Å². The molecule has 1 atom stereocenters. The molecule has 2 aliphatic rings. The van der Waals surface area contributed by atoms with Crippen LogP contribution in [0.5, 0.6) is 0 Å². The predicted octanol–water partition coefficient (Wildman–Crippen LogP) is 3.25. The average Bonchev–Trinajstić information content (AvgIpc) is 3.20. The van der Waals surface area contributed by atoms with Gasteiger partial charge in [-0.1, -0.05) is 24.3 Å². The molecule has 1 saturated heterocycles. The molecule has 0 aliphatic carbocycles. The van der Waals surface area contributed by atoms with Gasteiger partial charge in [0.25, 0.3) is 0 Å². The van der Waals surface area contributed by atoms with Gasteiger partial charge in [-0.05, 0) is 55.2 Å². The van der Waals surface area contributed by atoms with Gasteiger partial charge in [0.15, 0.2) is 0 Å². The Morgan fingerprint density at radius 2 is 1.88 bits per heavy atom. The largest absolute Gasteiger partial charge is 0.312 e. The summed E-state index contributed by atoms with van der Waals surface area (Å²) in [7, 11) is 0. The number of carbonyl (C=O) groups is 2. The maximum atomic E-state index is 13.0. The lowest BCUT2D eigenvalue weighted by Crippen LogP contribution is -2.36. The Hall–Kier alpha value is -2.62. The van der Waals surface area contributed by atoms with E-state index in [1.807, 2.05) is 48.2 Å². The van der Waals surface area contributed by atoms with E-state index in [0.717, 1.165) is 23.4 Å². The van der Waals surface area contributed by atoms with E-state index in [-0.39, 0.29) is 17.7 Å². The second kappa shape index (κ2) is 6.03. The lowest BCUT2D eigenvalue weighted by atomic mass is 10.1. The highest BCUT2D eigenvalue weighted by molar-refractivity contribution is 6.05. The topological polar surface area (TPSA) is 40.6 Å². The van der Waals surface area contributed by atoms with Crippen molar-refractivity contribution in [3.8, 4) is 0 Å². The van der Waals surface area contributed by atoms with Gasteiger partial charge in [0.1, 0.15) is 0 Å². The van der Waals surface area contributed by atoms with Crippen molar-refractivity contribution in [2.75, 3.05) is 22.9 Å². The van der Waals surface area contributed by atoms with Gasteiger partial charge in [-0.2, -0.15) is 0 Å². The summed E-state index contributed by atoms with van der Waals surface area (Å²) >= 11 is 0. The van der Waals surface area contributed by atoms with Crippen LogP contribution in [-0.2, 0) is 16.0 Å². The Kier molecular flexibility index (Phi) is 3.83. The van der Waals surface area contributed by atoms with Crippen molar-refractivity contribution < 1.29 is 9.59 Å². The van der Waals surface area contributed by atoms with Crippen LogP contribution in [0.2, 0.25) is 0 Å². The Bertz CT molecular complexity index is 859. The third kappa shape index (κ3) is 2.72. The molecule has 4 rings (SSSR count). The van der Waals surface area contributed by atoms with Crippen molar-refractivity contribution in [2.45, 2.75) is 26.7 Å². The molecule has 2 heterocycles. The molecule has 4 nitrogen and oxygen atoms in total. The van der Waals surface area contributed by atoms with Gasteiger partial charge >= 0.3 is 0 Å². The van der Waals surface area contributed by atoms with Crippen LogP contribution in [0.4, 0.5) is 11.4 Å². The minimum atomic E-state index is -0.264. The number of hydrogen-bond acceptors (Lipinski definition) is 2. The highest BCUT2D eigenvalue weighted by Crippen LogP contribution is 2.32. The molecule has 25 heavy (non-hydrogen) atoms. The number of anilines is 2. The Morgan fingerprint density at radius 1 is 1.08 bits per heavy atom. The van der Waals surface area contributed by atoms with Crippen LogP contribution in [0, 0.1) is 19.8 Å². The number of hydrogen-bond donors (Lipinski definition) is 0.